The lowest BCUT2D eigenvalue weighted by molar-refractivity contribution is -0.877. The molecule has 0 aromatic heterocycles. The molecule has 8 aliphatic heterocycles. The first-order valence-corrected chi connectivity index (χ1v) is 28.1. The maximum Gasteiger partial charge on any atom is 0.0784 e. The topological polar surface area (TPSA) is 280 Å². The fourth-order valence-corrected chi connectivity index (χ4v) is 9.53. The third-order valence-corrected chi connectivity index (χ3v) is 14.6. The highest BCUT2D eigenvalue weighted by molar-refractivity contribution is 6.47. The molecule has 0 bridgehead atoms. The Balaban J connectivity index is -0.000000373. The van der Waals surface area contributed by atoms with Crippen molar-refractivity contribution in [2.24, 2.45) is 0 Å². The van der Waals surface area contributed by atoms with Crippen LogP contribution in [0.4, 0.5) is 0 Å². The van der Waals surface area contributed by atoms with Gasteiger partial charge in [0, 0.05) is 131 Å². The second-order valence-electron chi connectivity index (χ2n) is 26.6. The normalized spacial score (nSPS) is 22.4. The van der Waals surface area contributed by atoms with Crippen LogP contribution in [0, 0.1) is 44.9 Å². The summed E-state index contributed by atoms with van der Waals surface area (Å²) in [4.78, 5) is 0. The quantitative estimate of drug-likeness (QED) is 0.165. The lowest BCUT2D eigenvalue weighted by Gasteiger charge is -2.21. The Morgan fingerprint density at radius 1 is 0.197 bits per heavy atom. The van der Waals surface area contributed by atoms with E-state index in [0.717, 1.165) is 23.9 Å². The minimum atomic E-state index is -2.31. The van der Waals surface area contributed by atoms with Crippen molar-refractivity contribution in [3.05, 3.63) is 0 Å². The summed E-state index contributed by atoms with van der Waals surface area (Å²) < 4.78 is 10.0. The molecule has 0 spiro atoms. The molecule has 20 nitrogen and oxygen atoms in total. The average molecular weight is 1080 g/mol. The van der Waals surface area contributed by atoms with E-state index in [9.17, 15) is 0 Å². The molecule has 24 heteroatoms. The summed E-state index contributed by atoms with van der Waals surface area (Å²) >= 11 is 0. The van der Waals surface area contributed by atoms with Gasteiger partial charge in [-0.1, -0.05) is 0 Å². The third-order valence-electron chi connectivity index (χ3n) is 14.6. The molecule has 8 saturated heterocycles. The highest BCUT2D eigenvalue weighted by atomic mass is 16.4. The zero-order chi connectivity index (χ0) is 59.8. The Hall–Kier alpha value is -2.42. The van der Waals surface area contributed by atoms with Crippen molar-refractivity contribution >= 4 is 28.5 Å². The lowest BCUT2D eigenvalue weighted by atomic mass is 9.97. The first-order valence-electron chi connectivity index (χ1n) is 28.1. The van der Waals surface area contributed by atoms with Crippen LogP contribution in [0.25, 0.3) is 0 Å². The van der Waals surface area contributed by atoms with Crippen LogP contribution >= 0.6 is 0 Å². The van der Waals surface area contributed by atoms with E-state index in [-0.39, 0.29) is 0 Å². The van der Waals surface area contributed by atoms with Crippen LogP contribution in [0.3, 0.4) is 0 Å². The Kier molecular flexibility index (Phi) is 44.7. The van der Waals surface area contributed by atoms with E-state index in [1.807, 2.05) is 0 Å². The summed E-state index contributed by atoms with van der Waals surface area (Å²) in [7, 11) is 27.5. The van der Waals surface area contributed by atoms with Gasteiger partial charge in [-0.2, -0.15) is 0 Å². The minimum Gasteiger partial charge on any atom is -0.881 e. The highest BCUT2D eigenvalue weighted by Gasteiger charge is 2.24. The second-order valence-corrected chi connectivity index (χ2v) is 26.6. The first-order chi connectivity index (χ1) is 34.7. The van der Waals surface area contributed by atoms with Crippen molar-refractivity contribution in [2.45, 2.75) is 103 Å². The number of quaternary nitrogens is 8. The van der Waals surface area contributed by atoms with Crippen molar-refractivity contribution in [1.82, 2.24) is 0 Å². The maximum atomic E-state index is 8.98. The maximum absolute atomic E-state index is 8.98. The number of rotatable bonds is 0. The molecule has 440 valence electrons. The van der Waals surface area contributed by atoms with Crippen molar-refractivity contribution < 1.29 is 76.1 Å². The van der Waals surface area contributed by atoms with Gasteiger partial charge in [0.2, 0.25) is 0 Å². The van der Waals surface area contributed by atoms with Crippen LogP contribution in [0.5, 0.6) is 0 Å². The average Bonchev–Trinajstić information content (AvgIpc) is 4.20. The van der Waals surface area contributed by atoms with Gasteiger partial charge < -0.3 is 76.1 Å². The third kappa shape index (κ3) is 59.2. The molecule has 0 radical (unpaired) electrons. The number of hydrogen-bond donors (Lipinski definition) is 0. The molecule has 0 aromatic rings. The lowest BCUT2D eigenvalue weighted by Crippen LogP contribution is -2.43. The summed E-state index contributed by atoms with van der Waals surface area (Å²) in [5.74, 6) is 3.67. The molecular weight excluding hydrogens is 964 g/mol. The molecule has 0 unspecified atom stereocenters. The molecule has 8 rings (SSSR count). The summed E-state index contributed by atoms with van der Waals surface area (Å²) in [6.07, 6.45) is 23.0. The molecule has 0 atom stereocenters. The van der Waals surface area contributed by atoms with E-state index in [1.54, 1.807) is 0 Å². The highest BCUT2D eigenvalue weighted by Crippen LogP contribution is 2.15. The minimum absolute atomic E-state index is 0.917. The van der Waals surface area contributed by atoms with Crippen LogP contribution in [0.15, 0.2) is 0 Å². The number of nitrogens with zero attached hydrogens (tertiary/aromatic N) is 12. The van der Waals surface area contributed by atoms with Crippen LogP contribution in [0.2, 0.25) is 0 Å². The molecule has 0 aliphatic carbocycles. The number of likely N-dealkylation sites (tertiary alicyclic amines) is 8. The first kappa shape index (κ1) is 80.1. The van der Waals surface area contributed by atoms with Gasteiger partial charge in [0.05, 0.1) is 217 Å². The van der Waals surface area contributed by atoms with Crippen molar-refractivity contribution in [1.29, 1.82) is 21.0 Å². The summed E-state index contributed by atoms with van der Waals surface area (Å²) in [5.41, 5.74) is 0. The smallest absolute Gasteiger partial charge is 0.0784 e. The van der Waals surface area contributed by atoms with Gasteiger partial charge in [0.15, 0.2) is 0 Å². The molecule has 0 aromatic carbocycles. The van der Waals surface area contributed by atoms with Crippen LogP contribution in [-0.2, 0) is 0 Å². The van der Waals surface area contributed by atoms with Crippen LogP contribution in [0.1, 0.15) is 103 Å². The Morgan fingerprint density at radius 3 is 0.263 bits per heavy atom. The van der Waals surface area contributed by atoms with Gasteiger partial charge in [0.25, 0.3) is 0 Å². The van der Waals surface area contributed by atoms with Crippen LogP contribution < -0.4 is 40.2 Å². The van der Waals surface area contributed by atoms with Crippen LogP contribution in [-0.4, -0.2) is 282 Å². The number of nitriles is 4. The predicted molar refractivity (Wildman–Crippen MR) is 294 cm³/mol. The van der Waals surface area contributed by atoms with Gasteiger partial charge in [-0.15, -0.1) is 0 Å². The van der Waals surface area contributed by atoms with Gasteiger partial charge in [0.1, 0.15) is 0 Å². The van der Waals surface area contributed by atoms with Gasteiger partial charge in [-0.05, 0) is 23.9 Å². The standard InChI is InChI=1S/8C6H14N.4CBNO2/c8*1-7(2)5-3-4-6-7;4*3-1-2(4)5/h8*3-6H2,1-2H3;;;;/q8*+1;4*-2. The molecular formula is C52H112B4N12O8. The van der Waals surface area contributed by atoms with Crippen molar-refractivity contribution in [3.8, 4) is 23.9 Å². The summed E-state index contributed by atoms with van der Waals surface area (Å²) in [6.45, 7) is 22.2. The Morgan fingerprint density at radius 2 is 0.250 bits per heavy atom. The van der Waals surface area contributed by atoms with Crippen molar-refractivity contribution in [2.75, 3.05) is 217 Å². The molecule has 0 N–H and O–H groups in total. The molecule has 0 amide bonds. The fraction of sp³-hybridized carbons (Fsp3) is 0.923. The van der Waals surface area contributed by atoms with Gasteiger partial charge >= 0.3 is 0 Å². The van der Waals surface area contributed by atoms with Crippen molar-refractivity contribution in [3.63, 3.8) is 0 Å². The Labute approximate surface area is 468 Å². The predicted octanol–water partition coefficient (Wildman–Crippen LogP) is -4.12. The Bertz CT molecular complexity index is 1240. The monoisotopic (exact) mass is 1080 g/mol. The summed E-state index contributed by atoms with van der Waals surface area (Å²) in [6, 6.07) is 0. The fourth-order valence-electron chi connectivity index (χ4n) is 9.53. The molecule has 8 heterocycles. The van der Waals surface area contributed by atoms with E-state index < -0.39 is 28.5 Å². The molecule has 8 aliphatic rings. The molecule has 76 heavy (non-hydrogen) atoms. The van der Waals surface area contributed by atoms with E-state index in [4.69, 9.17) is 61.2 Å². The van der Waals surface area contributed by atoms with Gasteiger partial charge in [-0.3, -0.25) is 0 Å². The largest absolute Gasteiger partial charge is 0.881 e. The molecule has 0 saturated carbocycles. The van der Waals surface area contributed by atoms with E-state index in [1.165, 1.54) is 243 Å². The summed E-state index contributed by atoms with van der Waals surface area (Å²) in [5, 5.41) is 101. The van der Waals surface area contributed by atoms with E-state index >= 15 is 0 Å². The molecule has 8 fully saturated rings. The zero-order valence-corrected chi connectivity index (χ0v) is 51.6. The SMILES string of the molecule is C[N+]1(C)CCCC1.C[N+]1(C)CCCC1.C[N+]1(C)CCCC1.C[N+]1(C)CCCC1.C[N+]1(C)CCCC1.C[N+]1(C)CCCC1.C[N+]1(C)CCCC1.C[N+]1(C)CCCC1.N#CB([O-])[O-].N#CB([O-])[O-].N#CB([O-])[O-].N#CB([O-])[O-]. The van der Waals surface area contributed by atoms with E-state index in [0.29, 0.717) is 0 Å². The van der Waals surface area contributed by atoms with Gasteiger partial charge in [-0.25, -0.2) is 21.0 Å². The number of hydrogen-bond acceptors (Lipinski definition) is 12. The second kappa shape index (κ2) is 42.5. The van der Waals surface area contributed by atoms with E-state index in [2.05, 4.69) is 113 Å². The zero-order valence-electron chi connectivity index (χ0n) is 51.6.